The van der Waals surface area contributed by atoms with Crippen LogP contribution in [0.5, 0.6) is 0 Å². The van der Waals surface area contributed by atoms with Crippen molar-refractivity contribution in [1.82, 2.24) is 15.0 Å². The molecule has 0 spiro atoms. The maximum atomic E-state index is 4.73. The second kappa shape index (κ2) is 10.3. The van der Waals surface area contributed by atoms with Gasteiger partial charge in [0.15, 0.2) is 0 Å². The Kier molecular flexibility index (Phi) is 6.99. The van der Waals surface area contributed by atoms with Crippen molar-refractivity contribution in [3.8, 4) is 11.5 Å². The van der Waals surface area contributed by atoms with E-state index in [-0.39, 0.29) is 5.54 Å². The maximum Gasteiger partial charge on any atom is 0.146 e. The third kappa shape index (κ3) is 4.34. The Bertz CT molecular complexity index is 1670. The van der Waals surface area contributed by atoms with Gasteiger partial charge in [0.25, 0.3) is 0 Å². The fourth-order valence-corrected chi connectivity index (χ4v) is 13.2. The van der Waals surface area contributed by atoms with Gasteiger partial charge in [-0.3, -0.25) is 0 Å². The van der Waals surface area contributed by atoms with Gasteiger partial charge < -0.3 is 0 Å². The van der Waals surface area contributed by atoms with E-state index in [2.05, 4.69) is 124 Å². The van der Waals surface area contributed by atoms with Gasteiger partial charge in [0.1, 0.15) is 13.6 Å². The zero-order valence-electron chi connectivity index (χ0n) is 25.1. The van der Waals surface area contributed by atoms with E-state index in [0.717, 1.165) is 31.4 Å². The fraction of sp³-hybridized carbons (Fsp3) is 0.444. The van der Waals surface area contributed by atoms with Crippen molar-refractivity contribution < 1.29 is 0 Å². The first-order chi connectivity index (χ1) is 19.2. The van der Waals surface area contributed by atoms with E-state index in [1.165, 1.54) is 50.7 Å². The molecule has 0 atom stereocenters. The second-order valence-electron chi connectivity index (χ2n) is 13.1. The average Bonchev–Trinajstić information content (AvgIpc) is 3.61. The Morgan fingerprint density at radius 3 is 2.02 bits per heavy atom. The van der Waals surface area contributed by atoms with Crippen LogP contribution in [0.3, 0.4) is 0 Å². The summed E-state index contributed by atoms with van der Waals surface area (Å²) in [6.45, 7) is 14.4. The van der Waals surface area contributed by atoms with Crippen LogP contribution in [0.25, 0.3) is 32.3 Å². The predicted molar refractivity (Wildman–Crippen MR) is 173 cm³/mol. The van der Waals surface area contributed by atoms with Crippen LogP contribution in [-0.4, -0.2) is 23.1 Å². The van der Waals surface area contributed by atoms with E-state index >= 15 is 0 Å². The quantitative estimate of drug-likeness (QED) is 0.116. The summed E-state index contributed by atoms with van der Waals surface area (Å²) in [6.07, 6.45) is 8.64. The molecule has 1 fully saturated rings. The van der Waals surface area contributed by atoms with Gasteiger partial charge >= 0.3 is 0 Å². The lowest BCUT2D eigenvalue weighted by Gasteiger charge is -2.38. The number of nitrogens with zero attached hydrogens (tertiary/aromatic N) is 3. The minimum Gasteiger partial charge on any atom is -0.234 e. The zero-order valence-corrected chi connectivity index (χ0v) is 26.1. The molecule has 0 bridgehead atoms. The predicted octanol–water partition coefficient (Wildman–Crippen LogP) is 9.45. The normalized spacial score (nSPS) is 15.7. The number of hydrogen-bond acceptors (Lipinski definition) is 2. The van der Waals surface area contributed by atoms with E-state index in [9.17, 15) is 0 Å². The molecule has 0 unspecified atom stereocenters. The number of rotatable bonds is 7. The van der Waals surface area contributed by atoms with Crippen molar-refractivity contribution in [3.63, 3.8) is 0 Å². The molecular weight excluding hydrogens is 503 g/mol. The van der Waals surface area contributed by atoms with Gasteiger partial charge in [0.05, 0.1) is 11.9 Å². The van der Waals surface area contributed by atoms with Crippen molar-refractivity contribution in [2.45, 2.75) is 102 Å². The van der Waals surface area contributed by atoms with Gasteiger partial charge in [0, 0.05) is 0 Å². The van der Waals surface area contributed by atoms with Crippen molar-refractivity contribution in [3.05, 3.63) is 72.1 Å². The second-order valence-corrected chi connectivity index (χ2v) is 18.7. The maximum absolute atomic E-state index is 4.73. The van der Waals surface area contributed by atoms with Crippen molar-refractivity contribution in [1.29, 1.82) is 0 Å². The van der Waals surface area contributed by atoms with Crippen LogP contribution in [-0.2, 0) is 18.4 Å². The molecular formula is C36H43N3Si. The van der Waals surface area contributed by atoms with E-state index in [0.29, 0.717) is 16.6 Å². The lowest BCUT2D eigenvalue weighted by Crippen LogP contribution is -2.44. The summed E-state index contributed by atoms with van der Waals surface area (Å²) < 4.78 is 2.15. The summed E-state index contributed by atoms with van der Waals surface area (Å²) in [4.78, 5) is 0. The summed E-state index contributed by atoms with van der Waals surface area (Å²) in [5.74, 6) is 3.91. The van der Waals surface area contributed by atoms with Crippen molar-refractivity contribution >= 4 is 40.4 Å². The smallest absolute Gasteiger partial charge is 0.146 e. The van der Waals surface area contributed by atoms with Crippen LogP contribution in [0, 0.1) is 11.5 Å². The van der Waals surface area contributed by atoms with Crippen LogP contribution >= 0.6 is 0 Å². The zero-order chi connectivity index (χ0) is 28.1. The Morgan fingerprint density at radius 2 is 1.38 bits per heavy atom. The number of benzene rings is 4. The molecule has 1 aromatic heterocycles. The van der Waals surface area contributed by atoms with Gasteiger partial charge in [-0.1, -0.05) is 107 Å². The molecule has 3 nitrogen and oxygen atoms in total. The molecule has 6 rings (SSSR count). The van der Waals surface area contributed by atoms with E-state index < -0.39 is 8.07 Å². The van der Waals surface area contributed by atoms with Gasteiger partial charge in [-0.05, 0) is 93.0 Å². The first-order valence-electron chi connectivity index (χ1n) is 15.4. The standard InChI is InChI=1S/C36H43N3Si/c1-25(2)40(26(3)4,27(5)6)23-22-36(20-7-8-21-36)39-24-32(37-38-39)18-16-28-12-13-31-15-14-29-10-9-11-30-17-19-33(28)35(31)34(29)30/h9-15,17,19,24-27H,7-8,16,18,20-21H2,1-6H3. The van der Waals surface area contributed by atoms with Gasteiger partial charge in [-0.2, -0.15) is 0 Å². The van der Waals surface area contributed by atoms with Gasteiger partial charge in [0.2, 0.25) is 0 Å². The molecule has 0 N–H and O–H groups in total. The molecule has 1 saturated carbocycles. The Morgan fingerprint density at radius 1 is 0.775 bits per heavy atom. The molecule has 1 aliphatic rings. The highest BCUT2D eigenvalue weighted by Crippen LogP contribution is 2.42. The van der Waals surface area contributed by atoms with Crippen LogP contribution < -0.4 is 0 Å². The van der Waals surface area contributed by atoms with Crippen molar-refractivity contribution in [2.24, 2.45) is 0 Å². The van der Waals surface area contributed by atoms with Crippen LogP contribution in [0.2, 0.25) is 16.6 Å². The van der Waals surface area contributed by atoms with E-state index in [4.69, 9.17) is 5.21 Å². The third-order valence-corrected chi connectivity index (χ3v) is 16.3. The Labute approximate surface area is 240 Å². The molecule has 4 heteroatoms. The highest BCUT2D eigenvalue weighted by atomic mass is 28.3. The molecule has 4 aromatic carbocycles. The fourth-order valence-electron chi connectivity index (χ4n) is 7.93. The van der Waals surface area contributed by atoms with E-state index in [1.807, 2.05) is 0 Å². The first kappa shape index (κ1) is 27.0. The molecule has 5 aromatic rings. The lowest BCUT2D eigenvalue weighted by atomic mass is 9.90. The summed E-state index contributed by atoms with van der Waals surface area (Å²) >= 11 is 0. The first-order valence-corrected chi connectivity index (χ1v) is 17.6. The number of aromatic nitrogens is 3. The van der Waals surface area contributed by atoms with Crippen LogP contribution in [0.4, 0.5) is 0 Å². The molecule has 0 radical (unpaired) electrons. The lowest BCUT2D eigenvalue weighted by molar-refractivity contribution is 0.351. The van der Waals surface area contributed by atoms with Gasteiger partial charge in [-0.15, -0.1) is 10.6 Å². The third-order valence-electron chi connectivity index (χ3n) is 10.1. The molecule has 1 aliphatic carbocycles. The summed E-state index contributed by atoms with van der Waals surface area (Å²) in [6, 6.07) is 20.3. The Hall–Kier alpha value is -3.16. The SMILES string of the molecule is CC(C)[Si](C#CC1(n2cc(CCc3ccc4ccc5cccc6ccc3c4c56)nn2)CCCC1)(C(C)C)C(C)C. The highest BCUT2D eigenvalue weighted by Gasteiger charge is 2.43. The molecule has 0 saturated heterocycles. The van der Waals surface area contributed by atoms with Gasteiger partial charge in [-0.25, -0.2) is 4.68 Å². The number of hydrogen-bond donors (Lipinski definition) is 0. The van der Waals surface area contributed by atoms with Crippen LogP contribution in [0.15, 0.2) is 60.8 Å². The largest absolute Gasteiger partial charge is 0.234 e. The summed E-state index contributed by atoms with van der Waals surface area (Å²) in [7, 11) is -1.80. The molecule has 0 aliphatic heterocycles. The summed E-state index contributed by atoms with van der Waals surface area (Å²) in [5.41, 5.74) is 8.18. The monoisotopic (exact) mass is 545 g/mol. The summed E-state index contributed by atoms with van der Waals surface area (Å²) in [5, 5.41) is 17.5. The minimum absolute atomic E-state index is 0.199. The number of aryl methyl sites for hydroxylation is 2. The minimum atomic E-state index is -1.80. The highest BCUT2D eigenvalue weighted by molar-refractivity contribution is 6.90. The average molecular weight is 546 g/mol. The molecule has 0 amide bonds. The molecule has 40 heavy (non-hydrogen) atoms. The van der Waals surface area contributed by atoms with E-state index in [1.54, 1.807) is 0 Å². The van der Waals surface area contributed by atoms with Crippen molar-refractivity contribution in [2.75, 3.05) is 0 Å². The molecule has 206 valence electrons. The topological polar surface area (TPSA) is 30.7 Å². The van der Waals surface area contributed by atoms with Crippen LogP contribution in [0.1, 0.15) is 78.5 Å². The molecule has 1 heterocycles. The Balaban J connectivity index is 1.30.